The highest BCUT2D eigenvalue weighted by Gasteiger charge is 2.32. The molecule has 0 spiro atoms. The molecule has 172 valence electrons. The van der Waals surface area contributed by atoms with Gasteiger partial charge >= 0.3 is 6.09 Å². The predicted octanol–water partition coefficient (Wildman–Crippen LogP) is 4.99. The van der Waals surface area contributed by atoms with Crippen LogP contribution < -0.4 is 9.64 Å². The van der Waals surface area contributed by atoms with Gasteiger partial charge in [0.1, 0.15) is 35.5 Å². The number of anilines is 2. The van der Waals surface area contributed by atoms with Crippen LogP contribution in [0, 0.1) is 11.6 Å². The number of aromatic nitrogens is 2. The van der Waals surface area contributed by atoms with E-state index in [-0.39, 0.29) is 22.4 Å². The molecule has 1 fully saturated rings. The lowest BCUT2D eigenvalue weighted by molar-refractivity contribution is 0.0122. The Morgan fingerprint density at radius 1 is 1.12 bits per heavy atom. The third kappa shape index (κ3) is 4.79. The summed E-state index contributed by atoms with van der Waals surface area (Å²) in [7, 11) is 0. The summed E-state index contributed by atoms with van der Waals surface area (Å²) in [6.07, 6.45) is 2.79. The van der Waals surface area contributed by atoms with Crippen LogP contribution in [-0.2, 0) is 11.2 Å². The van der Waals surface area contributed by atoms with Gasteiger partial charge in [-0.3, -0.25) is 0 Å². The van der Waals surface area contributed by atoms with Crippen LogP contribution in [0.1, 0.15) is 39.2 Å². The van der Waals surface area contributed by atoms with Crippen LogP contribution in [0.25, 0.3) is 0 Å². The first-order chi connectivity index (χ1) is 15.1. The fourth-order valence-electron chi connectivity index (χ4n) is 3.86. The fraction of sp³-hybridized carbons (Fsp3) is 0.500. The summed E-state index contributed by atoms with van der Waals surface area (Å²) in [5, 5.41) is 0. The number of ether oxygens (including phenoxy) is 2. The molecule has 4 rings (SSSR count). The Balaban J connectivity index is 1.45. The number of hydrogen-bond acceptors (Lipinski definition) is 6. The van der Waals surface area contributed by atoms with Gasteiger partial charge in [0.25, 0.3) is 0 Å². The SMILES string of the molecule is CC(C)(C)OC(=O)N1CCC(Oc2ncnc3c2CCN3c2cc(F)c(Br)cc2F)CC1. The number of hydrogen-bond donors (Lipinski definition) is 0. The topological polar surface area (TPSA) is 67.8 Å². The highest BCUT2D eigenvalue weighted by molar-refractivity contribution is 9.10. The lowest BCUT2D eigenvalue weighted by Gasteiger charge is -2.33. The average molecular weight is 511 g/mol. The molecule has 10 heteroatoms. The third-order valence-corrected chi connectivity index (χ3v) is 5.98. The zero-order valence-corrected chi connectivity index (χ0v) is 19.8. The monoisotopic (exact) mass is 510 g/mol. The van der Waals surface area contributed by atoms with Crippen molar-refractivity contribution in [2.75, 3.05) is 24.5 Å². The highest BCUT2D eigenvalue weighted by atomic mass is 79.9. The summed E-state index contributed by atoms with van der Waals surface area (Å²) in [5.74, 6) is -0.119. The molecular weight excluding hydrogens is 486 g/mol. The normalized spacial score (nSPS) is 16.8. The van der Waals surface area contributed by atoms with Crippen LogP contribution in [-0.4, -0.2) is 52.3 Å². The minimum Gasteiger partial charge on any atom is -0.474 e. The van der Waals surface area contributed by atoms with E-state index < -0.39 is 17.2 Å². The van der Waals surface area contributed by atoms with Gasteiger partial charge in [-0.15, -0.1) is 0 Å². The molecule has 0 radical (unpaired) electrons. The molecule has 2 aromatic rings. The fourth-order valence-corrected chi connectivity index (χ4v) is 4.18. The molecule has 7 nitrogen and oxygen atoms in total. The molecule has 2 aliphatic rings. The van der Waals surface area contributed by atoms with Crippen LogP contribution >= 0.6 is 15.9 Å². The van der Waals surface area contributed by atoms with Crippen molar-refractivity contribution >= 4 is 33.5 Å². The number of amides is 1. The van der Waals surface area contributed by atoms with E-state index in [0.29, 0.717) is 50.6 Å². The minimum atomic E-state index is -0.544. The van der Waals surface area contributed by atoms with Crippen LogP contribution in [0.3, 0.4) is 0 Å². The van der Waals surface area contributed by atoms with Crippen molar-refractivity contribution in [1.29, 1.82) is 0 Å². The summed E-state index contributed by atoms with van der Waals surface area (Å²) >= 11 is 3.00. The molecule has 32 heavy (non-hydrogen) atoms. The van der Waals surface area contributed by atoms with E-state index in [0.717, 1.165) is 17.7 Å². The van der Waals surface area contributed by atoms with Crippen LogP contribution in [0.4, 0.5) is 25.1 Å². The largest absolute Gasteiger partial charge is 0.474 e. The zero-order valence-electron chi connectivity index (χ0n) is 18.2. The van der Waals surface area contributed by atoms with Crippen molar-refractivity contribution in [3.05, 3.63) is 40.1 Å². The zero-order chi connectivity index (χ0) is 23.0. The molecule has 0 atom stereocenters. The molecule has 0 N–H and O–H groups in total. The number of likely N-dealkylation sites (tertiary alicyclic amines) is 1. The van der Waals surface area contributed by atoms with Crippen molar-refractivity contribution < 1.29 is 23.0 Å². The van der Waals surface area contributed by atoms with Crippen molar-refractivity contribution in [1.82, 2.24) is 14.9 Å². The van der Waals surface area contributed by atoms with Crippen LogP contribution in [0.15, 0.2) is 22.9 Å². The van der Waals surface area contributed by atoms with E-state index in [1.165, 1.54) is 6.33 Å². The number of carbonyl (C=O) groups excluding carboxylic acids is 1. The highest BCUT2D eigenvalue weighted by Crippen LogP contribution is 2.39. The predicted molar refractivity (Wildman–Crippen MR) is 118 cm³/mol. The molecule has 1 aromatic carbocycles. The first kappa shape index (κ1) is 22.7. The Morgan fingerprint density at radius 2 is 1.84 bits per heavy atom. The van der Waals surface area contributed by atoms with Gasteiger partial charge in [0.2, 0.25) is 5.88 Å². The van der Waals surface area contributed by atoms with E-state index in [1.807, 2.05) is 20.8 Å². The molecule has 1 aromatic heterocycles. The number of nitrogens with zero attached hydrogens (tertiary/aromatic N) is 4. The van der Waals surface area contributed by atoms with Gasteiger partial charge in [-0.25, -0.2) is 23.5 Å². The molecule has 1 saturated heterocycles. The number of carbonyl (C=O) groups is 1. The van der Waals surface area contributed by atoms with Gasteiger partial charge in [-0.2, -0.15) is 0 Å². The Morgan fingerprint density at radius 3 is 2.53 bits per heavy atom. The molecule has 1 amide bonds. The number of rotatable bonds is 3. The van der Waals surface area contributed by atoms with Gasteiger partial charge in [-0.1, -0.05) is 0 Å². The molecule has 3 heterocycles. The summed E-state index contributed by atoms with van der Waals surface area (Å²) in [5.41, 5.74) is 0.360. The third-order valence-electron chi connectivity index (χ3n) is 5.38. The molecule has 0 bridgehead atoms. The second kappa shape index (κ2) is 8.80. The lowest BCUT2D eigenvalue weighted by atomic mass is 10.1. The van der Waals surface area contributed by atoms with Crippen LogP contribution in [0.5, 0.6) is 5.88 Å². The van der Waals surface area contributed by atoms with Crippen molar-refractivity contribution in [2.24, 2.45) is 0 Å². The second-order valence-electron chi connectivity index (χ2n) is 8.88. The summed E-state index contributed by atoms with van der Waals surface area (Å²) in [6.45, 7) is 7.03. The average Bonchev–Trinajstić information content (AvgIpc) is 3.15. The van der Waals surface area contributed by atoms with Crippen LogP contribution in [0.2, 0.25) is 0 Å². The van der Waals surface area contributed by atoms with E-state index in [1.54, 1.807) is 9.80 Å². The second-order valence-corrected chi connectivity index (χ2v) is 9.74. The van der Waals surface area contributed by atoms with Gasteiger partial charge in [0.15, 0.2) is 0 Å². The molecule has 0 aliphatic carbocycles. The number of piperidine rings is 1. The van der Waals surface area contributed by atoms with Gasteiger partial charge < -0.3 is 19.3 Å². The number of halogens is 3. The first-order valence-corrected chi connectivity index (χ1v) is 11.3. The first-order valence-electron chi connectivity index (χ1n) is 10.5. The maximum absolute atomic E-state index is 14.5. The smallest absolute Gasteiger partial charge is 0.410 e. The Bertz CT molecular complexity index is 1020. The summed E-state index contributed by atoms with van der Waals surface area (Å²) < 4.78 is 40.2. The van der Waals surface area contributed by atoms with Gasteiger partial charge in [0.05, 0.1) is 15.7 Å². The molecule has 2 aliphatic heterocycles. The van der Waals surface area contributed by atoms with Crippen molar-refractivity contribution in [3.63, 3.8) is 0 Å². The Kier molecular flexibility index (Phi) is 6.24. The van der Waals surface area contributed by atoms with Crippen molar-refractivity contribution in [3.8, 4) is 5.88 Å². The van der Waals surface area contributed by atoms with Gasteiger partial charge in [0, 0.05) is 38.5 Å². The Labute approximate surface area is 193 Å². The summed E-state index contributed by atoms with van der Waals surface area (Å²) in [4.78, 5) is 24.2. The van der Waals surface area contributed by atoms with Gasteiger partial charge in [-0.05, 0) is 49.2 Å². The van der Waals surface area contributed by atoms with E-state index >= 15 is 0 Å². The minimum absolute atomic E-state index is 0.0719. The summed E-state index contributed by atoms with van der Waals surface area (Å²) in [6, 6.07) is 2.27. The van der Waals surface area contributed by atoms with Crippen molar-refractivity contribution in [2.45, 2.75) is 51.7 Å². The molecule has 0 saturated carbocycles. The number of benzene rings is 1. The standard InChI is InChI=1S/C22H25BrF2N4O3/c1-22(2,3)32-21(30)28-7-4-13(5-8-28)31-20-14-6-9-29(19(14)26-12-27-20)18-11-16(24)15(23)10-17(18)25/h10-13H,4-9H2,1-3H3. The molecule has 0 unspecified atom stereocenters. The maximum atomic E-state index is 14.5. The quantitative estimate of drug-likeness (QED) is 0.541. The number of fused-ring (bicyclic) bond motifs is 1. The lowest BCUT2D eigenvalue weighted by Crippen LogP contribution is -2.44. The van der Waals surface area contributed by atoms with E-state index in [9.17, 15) is 13.6 Å². The molecular formula is C22H25BrF2N4O3. The Hall–Kier alpha value is -2.49. The van der Waals surface area contributed by atoms with E-state index in [2.05, 4.69) is 25.9 Å². The van der Waals surface area contributed by atoms with E-state index in [4.69, 9.17) is 9.47 Å². The maximum Gasteiger partial charge on any atom is 0.410 e.